The van der Waals surface area contributed by atoms with Crippen molar-refractivity contribution in [3.05, 3.63) is 34.4 Å². The van der Waals surface area contributed by atoms with Gasteiger partial charge in [0.15, 0.2) is 0 Å². The van der Waals surface area contributed by atoms with Gasteiger partial charge in [0.2, 0.25) is 23.6 Å². The highest BCUT2D eigenvalue weighted by atomic mass is 16.6. The summed E-state index contributed by atoms with van der Waals surface area (Å²) in [5.41, 5.74) is 0.164. The SMILES string of the molecule is CC(NC(=O)CCC(=O)O)C(=O)NC(C)C(=O)NC(C)C(=O)Nc1ccc([N+](=O)[O-])cc1. The van der Waals surface area contributed by atoms with Crippen molar-refractivity contribution in [1.82, 2.24) is 16.0 Å². The number of hydrogen-bond donors (Lipinski definition) is 5. The molecule has 1 aromatic rings. The summed E-state index contributed by atoms with van der Waals surface area (Å²) in [6, 6.07) is 2.12. The van der Waals surface area contributed by atoms with Crippen molar-refractivity contribution in [1.29, 1.82) is 0 Å². The summed E-state index contributed by atoms with van der Waals surface area (Å²) in [6.45, 7) is 4.17. The molecule has 0 aliphatic carbocycles. The third kappa shape index (κ3) is 8.77. The molecule has 174 valence electrons. The van der Waals surface area contributed by atoms with E-state index in [0.717, 1.165) is 0 Å². The minimum atomic E-state index is -1.14. The molecule has 4 amide bonds. The molecule has 3 atom stereocenters. The first-order valence-corrected chi connectivity index (χ1v) is 9.58. The Kier molecular flexibility index (Phi) is 9.73. The molecule has 1 aromatic carbocycles. The van der Waals surface area contributed by atoms with E-state index in [0.29, 0.717) is 5.69 Å². The minimum absolute atomic E-state index is 0.138. The number of carbonyl (C=O) groups is 5. The van der Waals surface area contributed by atoms with Crippen LogP contribution in [0, 0.1) is 10.1 Å². The number of non-ortho nitro benzene ring substituents is 1. The average Bonchev–Trinajstić information content (AvgIpc) is 2.72. The van der Waals surface area contributed by atoms with Gasteiger partial charge in [-0.2, -0.15) is 0 Å². The summed E-state index contributed by atoms with van der Waals surface area (Å²) in [5, 5.41) is 28.8. The van der Waals surface area contributed by atoms with Gasteiger partial charge in [-0.15, -0.1) is 0 Å². The fraction of sp³-hybridized carbons (Fsp3) is 0.421. The molecule has 0 bridgehead atoms. The number of nitrogens with one attached hydrogen (secondary N) is 4. The first-order valence-electron chi connectivity index (χ1n) is 9.58. The third-order valence-electron chi connectivity index (χ3n) is 4.19. The lowest BCUT2D eigenvalue weighted by Crippen LogP contribution is -2.54. The van der Waals surface area contributed by atoms with E-state index in [-0.39, 0.29) is 18.5 Å². The number of hydrogen-bond acceptors (Lipinski definition) is 7. The number of nitro benzene ring substituents is 1. The lowest BCUT2D eigenvalue weighted by molar-refractivity contribution is -0.384. The highest BCUT2D eigenvalue weighted by molar-refractivity contribution is 5.98. The summed E-state index contributed by atoms with van der Waals surface area (Å²) >= 11 is 0. The Bertz CT molecular complexity index is 886. The smallest absolute Gasteiger partial charge is 0.303 e. The van der Waals surface area contributed by atoms with Crippen molar-refractivity contribution < 1.29 is 34.0 Å². The standard InChI is InChI=1S/C19H25N5O8/c1-10(20-15(25)8-9-16(26)27)17(28)21-11(2)18(29)22-12(3)19(30)23-13-4-6-14(7-5-13)24(31)32/h4-7,10-12H,8-9H2,1-3H3,(H,20,25)(H,21,28)(H,22,29)(H,23,30)(H,26,27). The van der Waals surface area contributed by atoms with Crippen LogP contribution in [0.15, 0.2) is 24.3 Å². The van der Waals surface area contributed by atoms with Crippen molar-refractivity contribution in [2.45, 2.75) is 51.7 Å². The number of benzene rings is 1. The molecular weight excluding hydrogens is 426 g/mol. The van der Waals surface area contributed by atoms with E-state index >= 15 is 0 Å². The highest BCUT2D eigenvalue weighted by Gasteiger charge is 2.24. The molecule has 5 N–H and O–H groups in total. The van der Waals surface area contributed by atoms with Crippen molar-refractivity contribution in [2.75, 3.05) is 5.32 Å². The van der Waals surface area contributed by atoms with E-state index < -0.39 is 52.6 Å². The second kappa shape index (κ2) is 12.0. The predicted octanol–water partition coefficient (Wildman–Crippen LogP) is -0.0878. The van der Waals surface area contributed by atoms with Crippen molar-refractivity contribution in [2.24, 2.45) is 0 Å². The fourth-order valence-corrected chi connectivity index (χ4v) is 2.32. The molecule has 13 nitrogen and oxygen atoms in total. The van der Waals surface area contributed by atoms with Crippen LogP contribution in [0.3, 0.4) is 0 Å². The molecule has 13 heteroatoms. The highest BCUT2D eigenvalue weighted by Crippen LogP contribution is 2.15. The zero-order valence-corrected chi connectivity index (χ0v) is 17.7. The molecular formula is C19H25N5O8. The lowest BCUT2D eigenvalue weighted by Gasteiger charge is -2.20. The Morgan fingerprint density at radius 3 is 1.78 bits per heavy atom. The van der Waals surface area contributed by atoms with E-state index in [4.69, 9.17) is 5.11 Å². The number of anilines is 1. The molecule has 0 heterocycles. The maximum atomic E-state index is 12.3. The molecule has 0 aliphatic rings. The first kappa shape index (κ1) is 26.0. The molecule has 0 spiro atoms. The van der Waals surface area contributed by atoms with Gasteiger partial charge in [0.25, 0.3) is 5.69 Å². The molecule has 0 saturated carbocycles. The van der Waals surface area contributed by atoms with Crippen LogP contribution in [0.5, 0.6) is 0 Å². The van der Waals surface area contributed by atoms with Crippen LogP contribution in [-0.2, 0) is 24.0 Å². The van der Waals surface area contributed by atoms with Crippen LogP contribution in [0.1, 0.15) is 33.6 Å². The van der Waals surface area contributed by atoms with Crippen molar-refractivity contribution in [3.63, 3.8) is 0 Å². The van der Waals surface area contributed by atoms with Crippen LogP contribution in [-0.4, -0.2) is 57.8 Å². The number of nitrogens with zero attached hydrogens (tertiary/aromatic N) is 1. The number of nitro groups is 1. The maximum Gasteiger partial charge on any atom is 0.303 e. The Hall–Kier alpha value is -4.03. The molecule has 1 rings (SSSR count). The molecule has 0 fully saturated rings. The molecule has 32 heavy (non-hydrogen) atoms. The van der Waals surface area contributed by atoms with E-state index in [1.807, 2.05) is 0 Å². The van der Waals surface area contributed by atoms with Crippen LogP contribution < -0.4 is 21.3 Å². The van der Waals surface area contributed by atoms with E-state index in [1.165, 1.54) is 45.0 Å². The van der Waals surface area contributed by atoms with Gasteiger partial charge in [-0.1, -0.05) is 0 Å². The second-order valence-electron chi connectivity index (χ2n) is 6.94. The second-order valence-corrected chi connectivity index (χ2v) is 6.94. The Labute approximate surface area is 183 Å². The number of amides is 4. The maximum absolute atomic E-state index is 12.3. The Morgan fingerprint density at radius 1 is 0.844 bits per heavy atom. The monoisotopic (exact) mass is 451 g/mol. The van der Waals surface area contributed by atoms with Gasteiger partial charge < -0.3 is 26.4 Å². The fourth-order valence-electron chi connectivity index (χ4n) is 2.32. The quantitative estimate of drug-likeness (QED) is 0.227. The first-order chi connectivity index (χ1) is 14.9. The van der Waals surface area contributed by atoms with Gasteiger partial charge in [-0.25, -0.2) is 0 Å². The van der Waals surface area contributed by atoms with Gasteiger partial charge >= 0.3 is 5.97 Å². The zero-order valence-electron chi connectivity index (χ0n) is 17.7. The number of carbonyl (C=O) groups excluding carboxylic acids is 4. The molecule has 0 aromatic heterocycles. The van der Waals surface area contributed by atoms with Crippen LogP contribution in [0.2, 0.25) is 0 Å². The van der Waals surface area contributed by atoms with E-state index in [2.05, 4.69) is 21.3 Å². The van der Waals surface area contributed by atoms with Gasteiger partial charge in [-0.05, 0) is 32.9 Å². The minimum Gasteiger partial charge on any atom is -0.481 e. The normalized spacial score (nSPS) is 13.1. The van der Waals surface area contributed by atoms with E-state index in [1.54, 1.807) is 0 Å². The van der Waals surface area contributed by atoms with Crippen LogP contribution in [0.25, 0.3) is 0 Å². The Morgan fingerprint density at radius 2 is 1.31 bits per heavy atom. The molecule has 0 saturated heterocycles. The Balaban J connectivity index is 2.51. The number of aliphatic carboxylic acids is 1. The summed E-state index contributed by atoms with van der Waals surface area (Å²) in [4.78, 5) is 68.7. The zero-order chi connectivity index (χ0) is 24.4. The molecule has 0 aliphatic heterocycles. The summed E-state index contributed by atoms with van der Waals surface area (Å²) in [6.07, 6.45) is -0.664. The van der Waals surface area contributed by atoms with Gasteiger partial charge in [0.1, 0.15) is 18.1 Å². The largest absolute Gasteiger partial charge is 0.481 e. The predicted molar refractivity (Wildman–Crippen MR) is 111 cm³/mol. The van der Waals surface area contributed by atoms with Gasteiger partial charge in [-0.3, -0.25) is 34.1 Å². The number of rotatable bonds is 11. The van der Waals surface area contributed by atoms with E-state index in [9.17, 15) is 34.1 Å². The lowest BCUT2D eigenvalue weighted by atomic mass is 10.2. The summed E-state index contributed by atoms with van der Waals surface area (Å²) in [5.74, 6) is -3.67. The summed E-state index contributed by atoms with van der Waals surface area (Å²) in [7, 11) is 0. The van der Waals surface area contributed by atoms with Crippen LogP contribution in [0.4, 0.5) is 11.4 Å². The number of carboxylic acids is 1. The molecule has 3 unspecified atom stereocenters. The van der Waals surface area contributed by atoms with Crippen LogP contribution >= 0.6 is 0 Å². The molecule has 0 radical (unpaired) electrons. The summed E-state index contributed by atoms with van der Waals surface area (Å²) < 4.78 is 0. The van der Waals surface area contributed by atoms with Gasteiger partial charge in [0.05, 0.1) is 11.3 Å². The van der Waals surface area contributed by atoms with Gasteiger partial charge in [0, 0.05) is 24.2 Å². The third-order valence-corrected chi connectivity index (χ3v) is 4.19. The number of carboxylic acid groups (broad SMARTS) is 1. The average molecular weight is 451 g/mol. The van der Waals surface area contributed by atoms with Crippen molar-refractivity contribution >= 4 is 41.0 Å². The van der Waals surface area contributed by atoms with Crippen molar-refractivity contribution in [3.8, 4) is 0 Å². The topological polar surface area (TPSA) is 197 Å².